The van der Waals surface area contributed by atoms with Crippen LogP contribution in [0.15, 0.2) is 0 Å². The summed E-state index contributed by atoms with van der Waals surface area (Å²) in [5.41, 5.74) is 5.77. The number of hydrogen-bond donors (Lipinski definition) is 2. The predicted molar refractivity (Wildman–Crippen MR) is 69.2 cm³/mol. The van der Waals surface area contributed by atoms with Gasteiger partial charge in [0.1, 0.15) is 0 Å². The lowest BCUT2D eigenvalue weighted by Gasteiger charge is -2.29. The van der Waals surface area contributed by atoms with E-state index in [1.807, 2.05) is 0 Å². The van der Waals surface area contributed by atoms with Crippen molar-refractivity contribution in [3.05, 3.63) is 0 Å². The van der Waals surface area contributed by atoms with Gasteiger partial charge < -0.3 is 10.8 Å². The van der Waals surface area contributed by atoms with Crippen LogP contribution in [0.2, 0.25) is 0 Å². The molecule has 0 amide bonds. The van der Waals surface area contributed by atoms with Crippen molar-refractivity contribution in [3.8, 4) is 0 Å². The van der Waals surface area contributed by atoms with Crippen molar-refractivity contribution in [3.63, 3.8) is 0 Å². The molecule has 1 fully saturated rings. The van der Waals surface area contributed by atoms with Gasteiger partial charge in [0.15, 0.2) is 0 Å². The minimum absolute atomic E-state index is 0.171. The van der Waals surface area contributed by atoms with Gasteiger partial charge in [-0.15, -0.1) is 0 Å². The van der Waals surface area contributed by atoms with Crippen LogP contribution in [-0.4, -0.2) is 17.8 Å². The molecule has 0 aromatic carbocycles. The third-order valence-corrected chi connectivity index (χ3v) is 3.92. The fourth-order valence-electron chi connectivity index (χ4n) is 2.97. The van der Waals surface area contributed by atoms with Crippen LogP contribution in [0.3, 0.4) is 0 Å². The third kappa shape index (κ3) is 4.84. The van der Waals surface area contributed by atoms with Crippen LogP contribution < -0.4 is 5.73 Å². The van der Waals surface area contributed by atoms with Gasteiger partial charge >= 0.3 is 0 Å². The van der Waals surface area contributed by atoms with Crippen LogP contribution in [-0.2, 0) is 0 Å². The Kier molecular flexibility index (Phi) is 6.37. The zero-order valence-corrected chi connectivity index (χ0v) is 11.0. The molecule has 1 rings (SSSR count). The van der Waals surface area contributed by atoms with Crippen molar-refractivity contribution in [2.45, 2.75) is 64.9 Å². The van der Waals surface area contributed by atoms with Crippen LogP contribution in [0.5, 0.6) is 0 Å². The molecule has 2 nitrogen and oxygen atoms in total. The second-order valence-electron chi connectivity index (χ2n) is 5.93. The second-order valence-corrected chi connectivity index (χ2v) is 5.93. The summed E-state index contributed by atoms with van der Waals surface area (Å²) in [6.07, 6.45) is 8.60. The standard InChI is InChI=1S/C14H29NO/c1-11(2)8-13(10-15)14(16)9-12-6-4-3-5-7-12/h11-14,16H,3-10,15H2,1-2H3. The maximum atomic E-state index is 10.2. The normalized spacial score (nSPS) is 22.3. The maximum absolute atomic E-state index is 10.2. The molecule has 96 valence electrons. The van der Waals surface area contributed by atoms with Crippen molar-refractivity contribution in [2.24, 2.45) is 23.5 Å². The van der Waals surface area contributed by atoms with Crippen LogP contribution in [0, 0.1) is 17.8 Å². The van der Waals surface area contributed by atoms with Gasteiger partial charge in [-0.05, 0) is 37.1 Å². The Balaban J connectivity index is 2.32. The molecule has 0 aromatic rings. The van der Waals surface area contributed by atoms with Crippen molar-refractivity contribution < 1.29 is 5.11 Å². The summed E-state index contributed by atoms with van der Waals surface area (Å²) in [7, 11) is 0. The first-order valence-electron chi connectivity index (χ1n) is 7.01. The van der Waals surface area contributed by atoms with Gasteiger partial charge in [-0.2, -0.15) is 0 Å². The second kappa shape index (κ2) is 7.29. The van der Waals surface area contributed by atoms with E-state index < -0.39 is 0 Å². The first-order valence-corrected chi connectivity index (χ1v) is 7.01. The summed E-state index contributed by atoms with van der Waals surface area (Å²) in [6, 6.07) is 0. The molecule has 0 heterocycles. The van der Waals surface area contributed by atoms with Gasteiger partial charge in [0, 0.05) is 0 Å². The highest BCUT2D eigenvalue weighted by Gasteiger charge is 2.23. The molecule has 0 spiro atoms. The number of hydrogen-bond acceptors (Lipinski definition) is 2. The lowest BCUT2D eigenvalue weighted by Crippen LogP contribution is -2.31. The first-order chi connectivity index (χ1) is 7.63. The van der Waals surface area contributed by atoms with Crippen molar-refractivity contribution in [1.29, 1.82) is 0 Å². The average molecular weight is 227 g/mol. The summed E-state index contributed by atoms with van der Waals surface area (Å²) < 4.78 is 0. The molecule has 0 bridgehead atoms. The molecule has 1 aliphatic rings. The molecule has 0 saturated heterocycles. The highest BCUT2D eigenvalue weighted by Crippen LogP contribution is 2.29. The molecule has 0 radical (unpaired) electrons. The van der Waals surface area contributed by atoms with E-state index in [1.54, 1.807) is 0 Å². The fourth-order valence-corrected chi connectivity index (χ4v) is 2.97. The summed E-state index contributed by atoms with van der Waals surface area (Å²) in [4.78, 5) is 0. The molecule has 0 aromatic heterocycles. The molecule has 2 heteroatoms. The molecule has 16 heavy (non-hydrogen) atoms. The molecule has 1 aliphatic carbocycles. The van der Waals surface area contributed by atoms with Crippen molar-refractivity contribution in [2.75, 3.05) is 6.54 Å². The summed E-state index contributed by atoms with van der Waals surface area (Å²) >= 11 is 0. The maximum Gasteiger partial charge on any atom is 0.0583 e. The van der Waals surface area contributed by atoms with Gasteiger partial charge in [0.25, 0.3) is 0 Å². The Labute approximate surface area is 101 Å². The Morgan fingerprint density at radius 3 is 2.31 bits per heavy atom. The molecular formula is C14H29NO. The van der Waals surface area contributed by atoms with E-state index in [9.17, 15) is 5.11 Å². The van der Waals surface area contributed by atoms with Gasteiger partial charge in [-0.3, -0.25) is 0 Å². The highest BCUT2D eigenvalue weighted by atomic mass is 16.3. The molecule has 3 N–H and O–H groups in total. The van der Waals surface area contributed by atoms with Crippen LogP contribution >= 0.6 is 0 Å². The summed E-state index contributed by atoms with van der Waals surface area (Å²) in [5.74, 6) is 1.70. The zero-order chi connectivity index (χ0) is 12.0. The highest BCUT2D eigenvalue weighted by molar-refractivity contribution is 4.76. The summed E-state index contributed by atoms with van der Waals surface area (Å²) in [6.45, 7) is 5.04. The third-order valence-electron chi connectivity index (χ3n) is 3.92. The fraction of sp³-hybridized carbons (Fsp3) is 1.00. The largest absolute Gasteiger partial charge is 0.393 e. The topological polar surface area (TPSA) is 46.2 Å². The van der Waals surface area contributed by atoms with E-state index in [2.05, 4.69) is 13.8 Å². The average Bonchev–Trinajstić information content (AvgIpc) is 2.26. The van der Waals surface area contributed by atoms with E-state index in [0.29, 0.717) is 18.4 Å². The number of aliphatic hydroxyl groups excluding tert-OH is 1. The van der Waals surface area contributed by atoms with E-state index in [4.69, 9.17) is 5.73 Å². The number of aliphatic hydroxyl groups is 1. The molecule has 2 unspecified atom stereocenters. The number of rotatable bonds is 6. The monoisotopic (exact) mass is 227 g/mol. The molecule has 1 saturated carbocycles. The minimum atomic E-state index is -0.171. The van der Waals surface area contributed by atoms with Gasteiger partial charge in [0.05, 0.1) is 6.10 Å². The predicted octanol–water partition coefficient (Wildman–Crippen LogP) is 2.94. The van der Waals surface area contributed by atoms with E-state index in [1.165, 1.54) is 32.1 Å². The molecule has 2 atom stereocenters. The van der Waals surface area contributed by atoms with Crippen molar-refractivity contribution >= 4 is 0 Å². The number of nitrogens with two attached hydrogens (primary N) is 1. The first kappa shape index (κ1) is 14.0. The van der Waals surface area contributed by atoms with E-state index in [0.717, 1.165) is 18.8 Å². The Morgan fingerprint density at radius 1 is 1.19 bits per heavy atom. The van der Waals surface area contributed by atoms with Crippen LogP contribution in [0.1, 0.15) is 58.8 Å². The minimum Gasteiger partial charge on any atom is -0.393 e. The molecule has 0 aliphatic heterocycles. The van der Waals surface area contributed by atoms with Crippen LogP contribution in [0.4, 0.5) is 0 Å². The summed E-state index contributed by atoms with van der Waals surface area (Å²) in [5, 5.41) is 10.2. The Morgan fingerprint density at radius 2 is 1.81 bits per heavy atom. The van der Waals surface area contributed by atoms with Crippen molar-refractivity contribution in [1.82, 2.24) is 0 Å². The molecular weight excluding hydrogens is 198 g/mol. The zero-order valence-electron chi connectivity index (χ0n) is 11.0. The Bertz CT molecular complexity index is 176. The lowest BCUT2D eigenvalue weighted by atomic mass is 9.81. The quantitative estimate of drug-likeness (QED) is 0.733. The van der Waals surface area contributed by atoms with Gasteiger partial charge in [-0.1, -0.05) is 46.0 Å². The van der Waals surface area contributed by atoms with Gasteiger partial charge in [-0.25, -0.2) is 0 Å². The van der Waals surface area contributed by atoms with E-state index >= 15 is 0 Å². The smallest absolute Gasteiger partial charge is 0.0583 e. The van der Waals surface area contributed by atoms with Gasteiger partial charge in [0.2, 0.25) is 0 Å². The van der Waals surface area contributed by atoms with Crippen LogP contribution in [0.25, 0.3) is 0 Å². The Hall–Kier alpha value is -0.0800. The van der Waals surface area contributed by atoms with E-state index in [-0.39, 0.29) is 6.10 Å². The SMILES string of the molecule is CC(C)CC(CN)C(O)CC1CCCCC1. The lowest BCUT2D eigenvalue weighted by molar-refractivity contribution is 0.0678.